The second kappa shape index (κ2) is 10.8. The molecular weight excluding hydrogens is 585 g/mol. The Labute approximate surface area is 210 Å². The van der Waals surface area contributed by atoms with E-state index in [2.05, 4.69) is 57.5 Å². The van der Waals surface area contributed by atoms with Crippen LogP contribution in [0.3, 0.4) is 0 Å². The summed E-state index contributed by atoms with van der Waals surface area (Å²) >= 11 is 5.67. The van der Waals surface area contributed by atoms with Gasteiger partial charge in [0.2, 0.25) is 0 Å². The Balaban J connectivity index is 2.10. The monoisotopic (exact) mass is 611 g/mol. The molecule has 0 saturated heterocycles. The van der Waals surface area contributed by atoms with Crippen LogP contribution in [-0.2, 0) is 0 Å². The number of halogens is 2. The summed E-state index contributed by atoms with van der Waals surface area (Å²) in [5.74, 6) is 2.07. The topological polar surface area (TPSA) is 65.7 Å². The molecule has 0 N–H and O–H groups in total. The Hall–Kier alpha value is -1.94. The van der Waals surface area contributed by atoms with E-state index in [1.807, 2.05) is 38.1 Å². The summed E-state index contributed by atoms with van der Waals surface area (Å²) in [6, 6.07) is 9.35. The van der Waals surface area contributed by atoms with Gasteiger partial charge < -0.3 is 9.47 Å². The second-order valence-corrected chi connectivity index (χ2v) is 9.75. The fourth-order valence-corrected chi connectivity index (χ4v) is 4.23. The number of fused-ring (bicyclic) bond motifs is 1. The minimum Gasteiger partial charge on any atom is -0.493 e. The van der Waals surface area contributed by atoms with E-state index in [9.17, 15) is 4.79 Å². The van der Waals surface area contributed by atoms with E-state index in [4.69, 9.17) is 14.5 Å². The molecule has 1 aromatic heterocycles. The van der Waals surface area contributed by atoms with E-state index in [1.165, 1.54) is 4.68 Å². The number of hydrogen-bond acceptors (Lipinski definition) is 5. The minimum atomic E-state index is -0.193. The molecule has 1 heterocycles. The van der Waals surface area contributed by atoms with Gasteiger partial charge in [-0.1, -0.05) is 36.7 Å². The van der Waals surface area contributed by atoms with Crippen LogP contribution < -0.4 is 15.0 Å². The van der Waals surface area contributed by atoms with E-state index < -0.39 is 0 Å². The zero-order chi connectivity index (χ0) is 23.4. The fourth-order valence-electron chi connectivity index (χ4n) is 3.12. The number of rotatable bonds is 8. The smallest absolute Gasteiger partial charge is 0.282 e. The first kappa shape index (κ1) is 24.7. The Morgan fingerprint density at radius 1 is 1.22 bits per heavy atom. The van der Waals surface area contributed by atoms with E-state index in [-0.39, 0.29) is 17.6 Å². The zero-order valence-corrected chi connectivity index (χ0v) is 22.6. The van der Waals surface area contributed by atoms with Gasteiger partial charge in [-0.2, -0.15) is 9.78 Å². The van der Waals surface area contributed by atoms with Gasteiger partial charge >= 0.3 is 0 Å². The van der Waals surface area contributed by atoms with Crippen molar-refractivity contribution < 1.29 is 9.47 Å². The average Bonchev–Trinajstić information content (AvgIpc) is 2.79. The van der Waals surface area contributed by atoms with Crippen molar-refractivity contribution in [2.24, 2.45) is 5.10 Å². The lowest BCUT2D eigenvalue weighted by atomic mass is 10.1. The predicted molar refractivity (Wildman–Crippen MR) is 141 cm³/mol. The molecule has 2 atom stereocenters. The highest BCUT2D eigenvalue weighted by Gasteiger charge is 2.17. The molecule has 0 spiro atoms. The van der Waals surface area contributed by atoms with Crippen molar-refractivity contribution in [3.05, 3.63) is 60.1 Å². The number of methoxy groups -OCH3 is 1. The molecule has 0 fully saturated rings. The zero-order valence-electron chi connectivity index (χ0n) is 18.9. The molecule has 170 valence electrons. The maximum atomic E-state index is 13.3. The first-order valence-corrected chi connectivity index (χ1v) is 12.5. The Kier molecular flexibility index (Phi) is 8.32. The normalized spacial score (nSPS) is 13.5. The quantitative estimate of drug-likeness (QED) is 0.220. The number of ether oxygens (including phenoxy) is 2. The molecule has 0 unspecified atom stereocenters. The summed E-state index contributed by atoms with van der Waals surface area (Å²) in [6.07, 6.45) is 3.49. The second-order valence-electron chi connectivity index (χ2n) is 7.67. The third kappa shape index (κ3) is 5.33. The Morgan fingerprint density at radius 3 is 2.62 bits per heavy atom. The van der Waals surface area contributed by atoms with Gasteiger partial charge in [-0.3, -0.25) is 4.79 Å². The molecule has 0 aliphatic rings. The summed E-state index contributed by atoms with van der Waals surface area (Å²) in [7, 11) is 1.62. The van der Waals surface area contributed by atoms with Crippen molar-refractivity contribution >= 4 is 55.6 Å². The van der Waals surface area contributed by atoms with Crippen LogP contribution in [0.4, 0.5) is 0 Å². The highest BCUT2D eigenvalue weighted by atomic mass is 127. The maximum absolute atomic E-state index is 13.3. The first-order valence-electron chi connectivity index (χ1n) is 10.6. The van der Waals surface area contributed by atoms with Crippen molar-refractivity contribution in [3.8, 4) is 11.5 Å². The summed E-state index contributed by atoms with van der Waals surface area (Å²) < 4.78 is 14.7. The van der Waals surface area contributed by atoms with Crippen LogP contribution >= 0.6 is 38.5 Å². The third-order valence-electron chi connectivity index (χ3n) is 5.35. The average molecular weight is 612 g/mol. The largest absolute Gasteiger partial charge is 0.493 e. The van der Waals surface area contributed by atoms with Gasteiger partial charge in [-0.05, 0) is 78.3 Å². The molecule has 0 aliphatic carbocycles. The van der Waals surface area contributed by atoms with Crippen LogP contribution in [0.2, 0.25) is 0 Å². The molecule has 0 saturated carbocycles. The molecular formula is C24H27BrIN3O3. The molecule has 2 aromatic carbocycles. The molecule has 32 heavy (non-hydrogen) atoms. The summed E-state index contributed by atoms with van der Waals surface area (Å²) in [5.41, 5.74) is 1.28. The van der Waals surface area contributed by atoms with Gasteiger partial charge in [0.05, 0.1) is 33.9 Å². The molecule has 0 amide bonds. The SMILES string of the molecule is CC[C@@H](C)Oc1c(I)cc(C=Nn2c([C@H](C)CC)nc3ccc(Br)cc3c2=O)cc1OC. The van der Waals surface area contributed by atoms with Crippen LogP contribution in [0, 0.1) is 3.57 Å². The lowest BCUT2D eigenvalue weighted by molar-refractivity contribution is 0.206. The summed E-state index contributed by atoms with van der Waals surface area (Å²) in [6.45, 7) is 8.22. The van der Waals surface area contributed by atoms with Crippen LogP contribution in [0.1, 0.15) is 57.8 Å². The van der Waals surface area contributed by atoms with Gasteiger partial charge in [0.1, 0.15) is 5.82 Å². The molecule has 8 heteroatoms. The predicted octanol–water partition coefficient (Wildman–Crippen LogP) is 6.35. The van der Waals surface area contributed by atoms with E-state index in [0.29, 0.717) is 28.2 Å². The highest BCUT2D eigenvalue weighted by Crippen LogP contribution is 2.34. The van der Waals surface area contributed by atoms with Crippen LogP contribution in [0.15, 0.2) is 44.7 Å². The lowest BCUT2D eigenvalue weighted by Gasteiger charge is -2.17. The van der Waals surface area contributed by atoms with Gasteiger partial charge in [0, 0.05) is 10.4 Å². The molecule has 6 nitrogen and oxygen atoms in total. The fraction of sp³-hybridized carbons (Fsp3) is 0.375. The van der Waals surface area contributed by atoms with Gasteiger partial charge in [-0.25, -0.2) is 4.98 Å². The van der Waals surface area contributed by atoms with Crippen molar-refractivity contribution in [1.82, 2.24) is 9.66 Å². The Bertz CT molecular complexity index is 1210. The molecule has 0 aliphatic heterocycles. The van der Waals surface area contributed by atoms with Crippen LogP contribution in [-0.4, -0.2) is 29.1 Å². The van der Waals surface area contributed by atoms with E-state index >= 15 is 0 Å². The van der Waals surface area contributed by atoms with Crippen molar-refractivity contribution in [1.29, 1.82) is 0 Å². The summed E-state index contributed by atoms with van der Waals surface area (Å²) in [5, 5.41) is 5.07. The van der Waals surface area contributed by atoms with Gasteiger partial charge in [-0.15, -0.1) is 0 Å². The van der Waals surface area contributed by atoms with E-state index in [0.717, 1.165) is 26.4 Å². The molecule has 3 rings (SSSR count). The standard InChI is InChI=1S/C24H27BrIN3O3/c1-6-14(3)23-28-20-9-8-17(25)12-18(20)24(30)29(23)27-13-16-10-19(26)22(21(11-16)31-5)32-15(4)7-2/h8-15H,6-7H2,1-5H3/t14-,15-/m1/s1. The maximum Gasteiger partial charge on any atom is 0.282 e. The van der Waals surface area contributed by atoms with Gasteiger partial charge in [0.15, 0.2) is 11.5 Å². The number of nitrogens with zero attached hydrogens (tertiary/aromatic N) is 3. The van der Waals surface area contributed by atoms with Crippen LogP contribution in [0.5, 0.6) is 11.5 Å². The molecule has 3 aromatic rings. The third-order valence-corrected chi connectivity index (χ3v) is 6.65. The molecule has 0 radical (unpaired) electrons. The van der Waals surface area contributed by atoms with Gasteiger partial charge in [0.25, 0.3) is 5.56 Å². The van der Waals surface area contributed by atoms with Crippen molar-refractivity contribution in [2.45, 2.75) is 52.6 Å². The molecule has 0 bridgehead atoms. The van der Waals surface area contributed by atoms with E-state index in [1.54, 1.807) is 19.4 Å². The lowest BCUT2D eigenvalue weighted by Crippen LogP contribution is -2.23. The number of hydrogen-bond donors (Lipinski definition) is 0. The van der Waals surface area contributed by atoms with Crippen LogP contribution in [0.25, 0.3) is 10.9 Å². The number of benzene rings is 2. The summed E-state index contributed by atoms with van der Waals surface area (Å²) in [4.78, 5) is 18.0. The van der Waals surface area contributed by atoms with Crippen molar-refractivity contribution in [3.63, 3.8) is 0 Å². The van der Waals surface area contributed by atoms with Crippen molar-refractivity contribution in [2.75, 3.05) is 7.11 Å². The minimum absolute atomic E-state index is 0.0777. The highest BCUT2D eigenvalue weighted by molar-refractivity contribution is 14.1. The number of aromatic nitrogens is 2. The first-order chi connectivity index (χ1) is 15.3. The Morgan fingerprint density at radius 2 is 1.97 bits per heavy atom.